The van der Waals surface area contributed by atoms with E-state index in [1.165, 1.54) is 7.11 Å². The Labute approximate surface area is 117 Å². The lowest BCUT2D eigenvalue weighted by molar-refractivity contribution is -0.137. The largest absolute Gasteiger partial charge is 0.481 e. The number of carbonyl (C=O) groups excluding carboxylic acids is 2. The van der Waals surface area contributed by atoms with Gasteiger partial charge >= 0.3 is 18.1 Å². The first kappa shape index (κ1) is 16.1. The van der Waals surface area contributed by atoms with Crippen molar-refractivity contribution in [3.63, 3.8) is 0 Å². The summed E-state index contributed by atoms with van der Waals surface area (Å²) in [6, 6.07) is -0.812. The summed E-state index contributed by atoms with van der Waals surface area (Å²) in [6.45, 7) is 2.73. The molecule has 1 saturated heterocycles. The lowest BCUT2D eigenvalue weighted by Crippen LogP contribution is -2.46. The van der Waals surface area contributed by atoms with Crippen LogP contribution >= 0.6 is 0 Å². The van der Waals surface area contributed by atoms with E-state index >= 15 is 0 Å². The molecular weight excluding hydrogens is 266 g/mol. The van der Waals surface area contributed by atoms with E-state index in [0.29, 0.717) is 25.9 Å². The molecule has 0 aromatic heterocycles. The predicted molar refractivity (Wildman–Crippen MR) is 70.4 cm³/mol. The number of urea groups is 1. The molecule has 0 saturated carbocycles. The molecule has 0 aromatic rings. The lowest BCUT2D eigenvalue weighted by atomic mass is 10.1. The zero-order chi connectivity index (χ0) is 15.1. The van der Waals surface area contributed by atoms with Crippen molar-refractivity contribution in [2.75, 3.05) is 20.2 Å². The molecule has 114 valence electrons. The van der Waals surface area contributed by atoms with Crippen molar-refractivity contribution in [2.24, 2.45) is 0 Å². The second kappa shape index (κ2) is 7.56. The fraction of sp³-hybridized carbons (Fsp3) is 0.750. The monoisotopic (exact) mass is 287 g/mol. The van der Waals surface area contributed by atoms with Gasteiger partial charge in [-0.25, -0.2) is 9.59 Å². The minimum Gasteiger partial charge on any atom is -0.481 e. The van der Waals surface area contributed by atoms with Gasteiger partial charge < -0.3 is 25.4 Å². The summed E-state index contributed by atoms with van der Waals surface area (Å²) in [4.78, 5) is 35.3. The molecule has 0 spiro atoms. The topological polar surface area (TPSA) is 108 Å². The van der Waals surface area contributed by atoms with Gasteiger partial charge in [0.15, 0.2) is 0 Å². The number of alkyl carbamates (subject to hydrolysis) is 1. The SMILES string of the molecule is CCC(CC(=O)O)NC(=O)N1CCC(NC(=O)OC)C1. The van der Waals surface area contributed by atoms with Crippen molar-refractivity contribution in [1.29, 1.82) is 0 Å². The van der Waals surface area contributed by atoms with Crippen molar-refractivity contribution in [2.45, 2.75) is 38.3 Å². The number of nitrogens with zero attached hydrogens (tertiary/aromatic N) is 1. The van der Waals surface area contributed by atoms with Gasteiger partial charge in [-0.05, 0) is 12.8 Å². The summed E-state index contributed by atoms with van der Waals surface area (Å²) < 4.78 is 4.50. The standard InChI is InChI=1S/C12H21N3O5/c1-3-8(6-10(16)17)13-11(18)15-5-4-9(7-15)14-12(19)20-2/h8-9H,3-7H2,1-2H3,(H,13,18)(H,14,19)(H,16,17). The number of carboxylic acid groups (broad SMARTS) is 1. The van der Waals surface area contributed by atoms with Crippen LogP contribution in [0.3, 0.4) is 0 Å². The van der Waals surface area contributed by atoms with Gasteiger partial charge in [0.25, 0.3) is 0 Å². The number of hydrogen-bond acceptors (Lipinski definition) is 4. The molecule has 2 atom stereocenters. The Morgan fingerprint density at radius 1 is 1.45 bits per heavy atom. The predicted octanol–water partition coefficient (Wildman–Crippen LogP) is 0.380. The summed E-state index contributed by atoms with van der Waals surface area (Å²) in [6.07, 6.45) is 0.586. The Morgan fingerprint density at radius 2 is 2.15 bits per heavy atom. The molecule has 20 heavy (non-hydrogen) atoms. The molecule has 1 rings (SSSR count). The highest BCUT2D eigenvalue weighted by molar-refractivity contribution is 5.76. The van der Waals surface area contributed by atoms with Crippen molar-refractivity contribution in [1.82, 2.24) is 15.5 Å². The average molecular weight is 287 g/mol. The molecule has 1 fully saturated rings. The summed E-state index contributed by atoms with van der Waals surface area (Å²) in [5, 5.41) is 14.1. The number of aliphatic carboxylic acids is 1. The van der Waals surface area contributed by atoms with Crippen LogP contribution in [0.25, 0.3) is 0 Å². The summed E-state index contributed by atoms with van der Waals surface area (Å²) in [5.74, 6) is -0.941. The van der Waals surface area contributed by atoms with E-state index in [-0.39, 0.29) is 24.5 Å². The van der Waals surface area contributed by atoms with E-state index < -0.39 is 12.1 Å². The number of likely N-dealkylation sites (tertiary alicyclic amines) is 1. The second-order valence-corrected chi connectivity index (χ2v) is 4.72. The zero-order valence-electron chi connectivity index (χ0n) is 11.7. The summed E-state index contributed by atoms with van der Waals surface area (Å²) >= 11 is 0. The normalized spacial score (nSPS) is 19.3. The van der Waals surface area contributed by atoms with Gasteiger partial charge in [-0.3, -0.25) is 4.79 Å². The molecule has 1 aliphatic heterocycles. The van der Waals surface area contributed by atoms with Crippen LogP contribution in [0, 0.1) is 0 Å². The maximum atomic E-state index is 12.0. The third-order valence-corrected chi connectivity index (χ3v) is 3.22. The lowest BCUT2D eigenvalue weighted by Gasteiger charge is -2.21. The van der Waals surface area contributed by atoms with Gasteiger partial charge in [0.05, 0.1) is 19.6 Å². The van der Waals surface area contributed by atoms with Gasteiger partial charge in [-0.1, -0.05) is 6.92 Å². The van der Waals surface area contributed by atoms with E-state index in [1.807, 2.05) is 6.92 Å². The van der Waals surface area contributed by atoms with Crippen molar-refractivity contribution < 1.29 is 24.2 Å². The van der Waals surface area contributed by atoms with E-state index in [1.54, 1.807) is 4.90 Å². The quantitative estimate of drug-likeness (QED) is 0.677. The van der Waals surface area contributed by atoms with Crippen LogP contribution in [-0.2, 0) is 9.53 Å². The first-order chi connectivity index (χ1) is 9.46. The maximum absolute atomic E-state index is 12.0. The molecule has 0 radical (unpaired) electrons. The van der Waals surface area contributed by atoms with Crippen molar-refractivity contribution in [3.05, 3.63) is 0 Å². The van der Waals surface area contributed by atoms with Crippen LogP contribution in [0.15, 0.2) is 0 Å². The number of amides is 3. The van der Waals surface area contributed by atoms with E-state index in [0.717, 1.165) is 0 Å². The number of carboxylic acids is 1. The first-order valence-corrected chi connectivity index (χ1v) is 6.58. The fourth-order valence-electron chi connectivity index (χ4n) is 2.06. The van der Waals surface area contributed by atoms with Gasteiger partial charge in [-0.15, -0.1) is 0 Å². The van der Waals surface area contributed by atoms with Crippen LogP contribution in [0.5, 0.6) is 0 Å². The summed E-state index contributed by atoms with van der Waals surface area (Å²) in [7, 11) is 1.28. The molecule has 3 amide bonds. The molecule has 1 aliphatic rings. The number of nitrogens with one attached hydrogen (secondary N) is 2. The molecule has 2 unspecified atom stereocenters. The Kier molecular flexibility index (Phi) is 6.08. The van der Waals surface area contributed by atoms with Crippen LogP contribution in [0.2, 0.25) is 0 Å². The zero-order valence-corrected chi connectivity index (χ0v) is 11.7. The molecule has 0 aliphatic carbocycles. The Bertz CT molecular complexity index is 374. The van der Waals surface area contributed by atoms with Crippen LogP contribution in [0.4, 0.5) is 9.59 Å². The fourth-order valence-corrected chi connectivity index (χ4v) is 2.06. The highest BCUT2D eigenvalue weighted by atomic mass is 16.5. The number of hydrogen-bond donors (Lipinski definition) is 3. The molecule has 1 heterocycles. The van der Waals surface area contributed by atoms with Crippen molar-refractivity contribution in [3.8, 4) is 0 Å². The minimum atomic E-state index is -0.941. The molecule has 8 heteroatoms. The number of carbonyl (C=O) groups is 3. The van der Waals surface area contributed by atoms with Crippen LogP contribution in [-0.4, -0.2) is 60.4 Å². The Hall–Kier alpha value is -1.99. The maximum Gasteiger partial charge on any atom is 0.407 e. The minimum absolute atomic E-state index is 0.0973. The van der Waals surface area contributed by atoms with Gasteiger partial charge in [-0.2, -0.15) is 0 Å². The molecule has 0 bridgehead atoms. The van der Waals surface area contributed by atoms with Crippen LogP contribution < -0.4 is 10.6 Å². The first-order valence-electron chi connectivity index (χ1n) is 6.58. The highest BCUT2D eigenvalue weighted by Gasteiger charge is 2.28. The number of rotatable bonds is 5. The second-order valence-electron chi connectivity index (χ2n) is 4.72. The molecule has 0 aromatic carbocycles. The molecular formula is C12H21N3O5. The summed E-state index contributed by atoms with van der Waals surface area (Å²) in [5.41, 5.74) is 0. The van der Waals surface area contributed by atoms with Gasteiger partial charge in [0.1, 0.15) is 0 Å². The van der Waals surface area contributed by atoms with E-state index in [2.05, 4.69) is 15.4 Å². The van der Waals surface area contributed by atoms with Gasteiger partial charge in [0.2, 0.25) is 0 Å². The number of ether oxygens (including phenoxy) is 1. The smallest absolute Gasteiger partial charge is 0.407 e. The van der Waals surface area contributed by atoms with Crippen LogP contribution in [0.1, 0.15) is 26.2 Å². The number of methoxy groups -OCH3 is 1. The van der Waals surface area contributed by atoms with E-state index in [4.69, 9.17) is 5.11 Å². The molecule has 8 nitrogen and oxygen atoms in total. The Balaban J connectivity index is 2.41. The third-order valence-electron chi connectivity index (χ3n) is 3.22. The van der Waals surface area contributed by atoms with Crippen molar-refractivity contribution >= 4 is 18.1 Å². The Morgan fingerprint density at radius 3 is 2.70 bits per heavy atom. The van der Waals surface area contributed by atoms with Gasteiger partial charge in [0, 0.05) is 19.1 Å². The average Bonchev–Trinajstić information content (AvgIpc) is 2.85. The molecule has 3 N–H and O–H groups in total. The van der Waals surface area contributed by atoms with E-state index in [9.17, 15) is 14.4 Å². The highest BCUT2D eigenvalue weighted by Crippen LogP contribution is 2.10. The third kappa shape index (κ3) is 4.94.